The van der Waals surface area contributed by atoms with Crippen molar-refractivity contribution < 1.29 is 28.6 Å². The highest BCUT2D eigenvalue weighted by Gasteiger charge is 2.31. The van der Waals surface area contributed by atoms with E-state index in [0.717, 1.165) is 12.5 Å². The molecule has 1 aliphatic heterocycles. The van der Waals surface area contributed by atoms with Crippen molar-refractivity contribution in [1.29, 1.82) is 0 Å². The molecule has 1 fully saturated rings. The number of carbonyl (C=O) groups excluding carboxylic acids is 1. The summed E-state index contributed by atoms with van der Waals surface area (Å²) in [6.07, 6.45) is 1.43. The van der Waals surface area contributed by atoms with Crippen LogP contribution in [0.25, 0.3) is 0 Å². The van der Waals surface area contributed by atoms with Gasteiger partial charge in [-0.15, -0.1) is 0 Å². The normalized spacial score (nSPS) is 19.0. The predicted octanol–water partition coefficient (Wildman–Crippen LogP) is 1.85. The van der Waals surface area contributed by atoms with E-state index < -0.39 is 23.7 Å². The number of carboxylic acid groups (broad SMARTS) is 1. The van der Waals surface area contributed by atoms with E-state index >= 15 is 0 Å². The number of aliphatic carboxylic acids is 1. The number of nitrogens with one attached hydrogen (secondary N) is 1. The molecule has 0 aliphatic carbocycles. The van der Waals surface area contributed by atoms with Gasteiger partial charge < -0.3 is 19.9 Å². The highest BCUT2D eigenvalue weighted by Crippen LogP contribution is 2.21. The lowest BCUT2D eigenvalue weighted by Gasteiger charge is -2.28. The number of halogens is 2. The van der Waals surface area contributed by atoms with Crippen LogP contribution in [0.3, 0.4) is 0 Å². The second kappa shape index (κ2) is 8.12. The van der Waals surface area contributed by atoms with Gasteiger partial charge in [-0.25, -0.2) is 9.18 Å². The standard InChI is InChI=1S/C15H17ClFNO5/c16-11-6-10(3-4-12(11)17)23-8-13(19)18-14(15(20)21)9-2-1-5-22-7-9/h3-4,6,9,14H,1-2,5,7-8H2,(H,18,19)(H,20,21). The minimum atomic E-state index is -1.11. The van der Waals surface area contributed by atoms with Crippen molar-refractivity contribution in [2.45, 2.75) is 18.9 Å². The number of ether oxygens (including phenoxy) is 2. The van der Waals surface area contributed by atoms with Crippen LogP contribution in [0, 0.1) is 11.7 Å². The van der Waals surface area contributed by atoms with Gasteiger partial charge in [-0.3, -0.25) is 4.79 Å². The van der Waals surface area contributed by atoms with Crippen LogP contribution in [0.4, 0.5) is 4.39 Å². The number of hydrogen-bond donors (Lipinski definition) is 2. The van der Waals surface area contributed by atoms with E-state index in [4.69, 9.17) is 21.1 Å². The molecule has 2 N–H and O–H groups in total. The first-order valence-electron chi connectivity index (χ1n) is 7.15. The lowest BCUT2D eigenvalue weighted by atomic mass is 9.94. The monoisotopic (exact) mass is 345 g/mol. The van der Waals surface area contributed by atoms with E-state index in [1.807, 2.05) is 0 Å². The Bertz CT molecular complexity index is 577. The van der Waals surface area contributed by atoms with Gasteiger partial charge in [-0.2, -0.15) is 0 Å². The third kappa shape index (κ3) is 5.07. The molecule has 8 heteroatoms. The molecule has 2 rings (SSSR count). The van der Waals surface area contributed by atoms with Crippen LogP contribution < -0.4 is 10.1 Å². The number of carbonyl (C=O) groups is 2. The number of hydrogen-bond acceptors (Lipinski definition) is 4. The average molecular weight is 346 g/mol. The SMILES string of the molecule is O=C(COc1ccc(F)c(Cl)c1)NC(C(=O)O)C1CCCOC1. The zero-order chi connectivity index (χ0) is 16.8. The van der Waals surface area contributed by atoms with Crippen LogP contribution in [0.1, 0.15) is 12.8 Å². The van der Waals surface area contributed by atoms with Crippen LogP contribution in [-0.2, 0) is 14.3 Å². The third-order valence-corrected chi connectivity index (χ3v) is 3.80. The number of rotatable bonds is 6. The van der Waals surface area contributed by atoms with E-state index in [0.29, 0.717) is 19.6 Å². The Kier molecular flexibility index (Phi) is 6.18. The summed E-state index contributed by atoms with van der Waals surface area (Å²) in [5, 5.41) is 11.6. The fourth-order valence-electron chi connectivity index (χ4n) is 2.34. The quantitative estimate of drug-likeness (QED) is 0.822. The minimum absolute atomic E-state index is 0.120. The maximum Gasteiger partial charge on any atom is 0.326 e. The largest absolute Gasteiger partial charge is 0.484 e. The molecular formula is C15H17ClFNO5. The van der Waals surface area contributed by atoms with Crippen LogP contribution >= 0.6 is 11.6 Å². The summed E-state index contributed by atoms with van der Waals surface area (Å²) >= 11 is 5.61. The maximum atomic E-state index is 13.0. The van der Waals surface area contributed by atoms with Gasteiger partial charge in [0.15, 0.2) is 6.61 Å². The smallest absolute Gasteiger partial charge is 0.326 e. The molecule has 1 saturated heterocycles. The fraction of sp³-hybridized carbons (Fsp3) is 0.467. The molecule has 1 amide bonds. The molecule has 0 spiro atoms. The first kappa shape index (κ1) is 17.5. The molecule has 1 aromatic carbocycles. The van der Waals surface area contributed by atoms with E-state index in [1.165, 1.54) is 12.1 Å². The lowest BCUT2D eigenvalue weighted by Crippen LogP contribution is -2.49. The third-order valence-electron chi connectivity index (χ3n) is 3.51. The van der Waals surface area contributed by atoms with Crippen LogP contribution in [0.5, 0.6) is 5.75 Å². The first-order chi connectivity index (χ1) is 11.0. The van der Waals surface area contributed by atoms with E-state index in [9.17, 15) is 19.1 Å². The Morgan fingerprint density at radius 2 is 2.30 bits per heavy atom. The van der Waals surface area contributed by atoms with Crippen LogP contribution in [0.2, 0.25) is 5.02 Å². The molecule has 0 radical (unpaired) electrons. The zero-order valence-electron chi connectivity index (χ0n) is 12.3. The zero-order valence-corrected chi connectivity index (χ0v) is 13.0. The Labute approximate surface area is 137 Å². The topological polar surface area (TPSA) is 84.9 Å². The molecule has 0 bridgehead atoms. The number of benzene rings is 1. The highest BCUT2D eigenvalue weighted by atomic mass is 35.5. The van der Waals surface area contributed by atoms with Gasteiger partial charge in [0.2, 0.25) is 0 Å². The van der Waals surface area contributed by atoms with Gasteiger partial charge in [0.1, 0.15) is 17.6 Å². The second-order valence-corrected chi connectivity index (χ2v) is 5.63. The Hall–Kier alpha value is -1.86. The van der Waals surface area contributed by atoms with Crippen molar-refractivity contribution in [3.8, 4) is 5.75 Å². The lowest BCUT2D eigenvalue weighted by molar-refractivity contribution is -0.145. The molecule has 2 unspecified atom stereocenters. The number of amides is 1. The summed E-state index contributed by atoms with van der Waals surface area (Å²) in [6, 6.07) is 2.67. The van der Waals surface area contributed by atoms with Gasteiger partial charge in [0.05, 0.1) is 11.6 Å². The Morgan fingerprint density at radius 3 is 2.91 bits per heavy atom. The van der Waals surface area contributed by atoms with Crippen molar-refractivity contribution in [2.75, 3.05) is 19.8 Å². The molecule has 6 nitrogen and oxygen atoms in total. The second-order valence-electron chi connectivity index (χ2n) is 5.23. The maximum absolute atomic E-state index is 13.0. The first-order valence-corrected chi connectivity index (χ1v) is 7.53. The van der Waals surface area contributed by atoms with Crippen molar-refractivity contribution in [3.63, 3.8) is 0 Å². The summed E-state index contributed by atoms with van der Waals surface area (Å²) in [5.74, 6) is -2.33. The predicted molar refractivity (Wildman–Crippen MR) is 80.0 cm³/mol. The number of carboxylic acids is 1. The van der Waals surface area contributed by atoms with Crippen molar-refractivity contribution in [1.82, 2.24) is 5.32 Å². The molecule has 1 aromatic rings. The molecule has 1 aliphatic rings. The highest BCUT2D eigenvalue weighted by molar-refractivity contribution is 6.30. The molecule has 126 valence electrons. The van der Waals surface area contributed by atoms with Crippen molar-refractivity contribution >= 4 is 23.5 Å². The molecule has 1 heterocycles. The summed E-state index contributed by atoms with van der Waals surface area (Å²) in [7, 11) is 0. The van der Waals surface area contributed by atoms with Gasteiger partial charge in [0.25, 0.3) is 5.91 Å². The van der Waals surface area contributed by atoms with E-state index in [2.05, 4.69) is 5.32 Å². The van der Waals surface area contributed by atoms with Gasteiger partial charge in [-0.05, 0) is 25.0 Å². The van der Waals surface area contributed by atoms with E-state index in [1.54, 1.807) is 0 Å². The molecule has 0 aromatic heterocycles. The van der Waals surface area contributed by atoms with E-state index in [-0.39, 0.29) is 23.3 Å². The van der Waals surface area contributed by atoms with Crippen molar-refractivity contribution in [3.05, 3.63) is 29.0 Å². The van der Waals surface area contributed by atoms with Crippen molar-refractivity contribution in [2.24, 2.45) is 5.92 Å². The minimum Gasteiger partial charge on any atom is -0.484 e. The average Bonchev–Trinajstić information content (AvgIpc) is 2.54. The van der Waals surface area contributed by atoms with Gasteiger partial charge in [0, 0.05) is 18.6 Å². The molecular weight excluding hydrogens is 329 g/mol. The Morgan fingerprint density at radius 1 is 1.52 bits per heavy atom. The molecule has 2 atom stereocenters. The Balaban J connectivity index is 1.88. The summed E-state index contributed by atoms with van der Waals surface area (Å²) in [6.45, 7) is 0.510. The molecule has 23 heavy (non-hydrogen) atoms. The fourth-order valence-corrected chi connectivity index (χ4v) is 2.51. The van der Waals surface area contributed by atoms with Gasteiger partial charge in [-0.1, -0.05) is 11.6 Å². The van der Waals surface area contributed by atoms with Crippen LogP contribution in [0.15, 0.2) is 18.2 Å². The van der Waals surface area contributed by atoms with Crippen LogP contribution in [-0.4, -0.2) is 42.8 Å². The molecule has 0 saturated carbocycles. The summed E-state index contributed by atoms with van der Waals surface area (Å²) in [5.41, 5.74) is 0. The summed E-state index contributed by atoms with van der Waals surface area (Å²) < 4.78 is 23.5. The van der Waals surface area contributed by atoms with Gasteiger partial charge >= 0.3 is 5.97 Å². The summed E-state index contributed by atoms with van der Waals surface area (Å²) in [4.78, 5) is 23.2.